The van der Waals surface area contributed by atoms with Gasteiger partial charge in [-0.15, -0.1) is 0 Å². The molecule has 1 aliphatic carbocycles. The molecule has 2 unspecified atom stereocenters. The maximum Gasteiger partial charge on any atom is 0.328 e. The monoisotopic (exact) mass is 289 g/mol. The van der Waals surface area contributed by atoms with Crippen LogP contribution >= 0.6 is 0 Å². The second-order valence-corrected chi connectivity index (χ2v) is 5.38. The summed E-state index contributed by atoms with van der Waals surface area (Å²) in [4.78, 5) is 34.5. The molecule has 1 aliphatic rings. The Bertz CT molecular complexity index is 817. The number of carboxylic acids is 1. The third-order valence-corrected chi connectivity index (χ3v) is 3.98. The minimum Gasteiger partial charge on any atom is -0.481 e. The average Bonchev–Trinajstić information content (AvgIpc) is 3.22. The van der Waals surface area contributed by atoms with Crippen molar-refractivity contribution in [2.75, 3.05) is 5.32 Å². The van der Waals surface area contributed by atoms with Crippen LogP contribution < -0.4 is 11.0 Å². The summed E-state index contributed by atoms with van der Waals surface area (Å²) >= 11 is 0. The van der Waals surface area contributed by atoms with Crippen LogP contribution in [0.3, 0.4) is 0 Å². The van der Waals surface area contributed by atoms with E-state index < -0.39 is 17.8 Å². The lowest BCUT2D eigenvalue weighted by Crippen LogP contribution is -2.19. The molecule has 0 aliphatic heterocycles. The van der Waals surface area contributed by atoms with E-state index in [-0.39, 0.29) is 11.6 Å². The van der Waals surface area contributed by atoms with Crippen molar-refractivity contribution in [1.82, 2.24) is 9.13 Å². The van der Waals surface area contributed by atoms with Crippen molar-refractivity contribution < 1.29 is 14.7 Å². The molecule has 0 radical (unpaired) electrons. The molecule has 1 heterocycles. The molecule has 7 heteroatoms. The smallest absolute Gasteiger partial charge is 0.328 e. The zero-order valence-electron chi connectivity index (χ0n) is 11.7. The molecule has 3 rings (SSSR count). The van der Waals surface area contributed by atoms with Crippen molar-refractivity contribution >= 4 is 28.6 Å². The first kappa shape index (κ1) is 13.4. The number of rotatable bonds is 3. The van der Waals surface area contributed by atoms with Gasteiger partial charge in [0.15, 0.2) is 0 Å². The first-order valence-corrected chi connectivity index (χ1v) is 6.59. The molecular weight excluding hydrogens is 274 g/mol. The van der Waals surface area contributed by atoms with Crippen LogP contribution in [-0.2, 0) is 23.7 Å². The molecule has 0 saturated heterocycles. The number of nitrogens with zero attached hydrogens (tertiary/aromatic N) is 2. The highest BCUT2D eigenvalue weighted by Crippen LogP contribution is 2.39. The highest BCUT2D eigenvalue weighted by Gasteiger charge is 2.48. The van der Waals surface area contributed by atoms with Gasteiger partial charge in [-0.3, -0.25) is 18.7 Å². The quantitative estimate of drug-likeness (QED) is 0.862. The summed E-state index contributed by atoms with van der Waals surface area (Å²) in [5, 5.41) is 11.5. The fourth-order valence-electron chi connectivity index (χ4n) is 2.58. The van der Waals surface area contributed by atoms with Crippen LogP contribution in [0.4, 0.5) is 5.69 Å². The van der Waals surface area contributed by atoms with Gasteiger partial charge < -0.3 is 10.4 Å². The normalized spacial score (nSPS) is 20.5. The Labute approximate surface area is 119 Å². The van der Waals surface area contributed by atoms with E-state index in [1.807, 2.05) is 0 Å². The summed E-state index contributed by atoms with van der Waals surface area (Å²) in [5.74, 6) is -2.26. The Morgan fingerprint density at radius 1 is 1.19 bits per heavy atom. The lowest BCUT2D eigenvalue weighted by Gasteiger charge is -2.05. The van der Waals surface area contributed by atoms with Crippen molar-refractivity contribution in [3.05, 3.63) is 28.7 Å². The van der Waals surface area contributed by atoms with Crippen LogP contribution in [0.1, 0.15) is 6.42 Å². The van der Waals surface area contributed by atoms with Gasteiger partial charge in [0.2, 0.25) is 5.91 Å². The molecule has 2 atom stereocenters. The van der Waals surface area contributed by atoms with Crippen molar-refractivity contribution in [2.24, 2.45) is 25.9 Å². The predicted octanol–water partition coefficient (Wildman–Crippen LogP) is 0.536. The van der Waals surface area contributed by atoms with E-state index in [0.717, 1.165) is 5.52 Å². The maximum atomic E-state index is 11.9. The van der Waals surface area contributed by atoms with Gasteiger partial charge in [-0.05, 0) is 24.6 Å². The van der Waals surface area contributed by atoms with Gasteiger partial charge in [-0.2, -0.15) is 0 Å². The lowest BCUT2D eigenvalue weighted by atomic mass is 10.2. The first-order valence-electron chi connectivity index (χ1n) is 6.59. The highest BCUT2D eigenvalue weighted by atomic mass is 16.4. The minimum atomic E-state index is -0.934. The number of anilines is 1. The van der Waals surface area contributed by atoms with Gasteiger partial charge in [0.05, 0.1) is 22.9 Å². The number of nitrogens with one attached hydrogen (secondary N) is 1. The summed E-state index contributed by atoms with van der Waals surface area (Å²) in [6.45, 7) is 0. The Morgan fingerprint density at radius 3 is 2.48 bits per heavy atom. The number of carboxylic acid groups (broad SMARTS) is 1. The zero-order valence-corrected chi connectivity index (χ0v) is 11.7. The molecule has 21 heavy (non-hydrogen) atoms. The molecule has 7 nitrogen and oxygen atoms in total. The lowest BCUT2D eigenvalue weighted by molar-refractivity contribution is -0.139. The molecule has 110 valence electrons. The van der Waals surface area contributed by atoms with Crippen LogP contribution in [0, 0.1) is 11.8 Å². The third-order valence-electron chi connectivity index (χ3n) is 3.98. The van der Waals surface area contributed by atoms with Crippen LogP contribution in [0.5, 0.6) is 0 Å². The molecule has 2 aromatic rings. The fourth-order valence-corrected chi connectivity index (χ4v) is 2.58. The number of imidazole rings is 1. The third kappa shape index (κ3) is 2.10. The van der Waals surface area contributed by atoms with Gasteiger partial charge in [-0.1, -0.05) is 0 Å². The van der Waals surface area contributed by atoms with Crippen LogP contribution in [0.15, 0.2) is 23.0 Å². The molecule has 1 saturated carbocycles. The average molecular weight is 289 g/mol. The van der Waals surface area contributed by atoms with Crippen molar-refractivity contribution in [2.45, 2.75) is 6.42 Å². The SMILES string of the molecule is Cn1c(=O)n(C)c2cc(NC(=O)C3CC3C(=O)O)ccc21. The maximum absolute atomic E-state index is 11.9. The second-order valence-electron chi connectivity index (χ2n) is 5.38. The van der Waals surface area contributed by atoms with Gasteiger partial charge in [0.1, 0.15) is 0 Å². The standard InChI is InChI=1S/C14H15N3O4/c1-16-10-4-3-7(5-11(10)17(2)14(16)21)15-12(18)8-6-9(8)13(19)20/h3-5,8-9H,6H2,1-2H3,(H,15,18)(H,19,20). The molecule has 1 fully saturated rings. The number of carbonyl (C=O) groups is 2. The molecule has 1 aromatic carbocycles. The number of aromatic nitrogens is 2. The van der Waals surface area contributed by atoms with Crippen LogP contribution in [0.25, 0.3) is 11.0 Å². The van der Waals surface area contributed by atoms with E-state index in [4.69, 9.17) is 5.11 Å². The molecule has 1 amide bonds. The van der Waals surface area contributed by atoms with Crippen LogP contribution in [0.2, 0.25) is 0 Å². The number of aryl methyl sites for hydroxylation is 2. The second kappa shape index (κ2) is 4.47. The summed E-state index contributed by atoms with van der Waals surface area (Å²) in [6, 6.07) is 5.18. The van der Waals surface area contributed by atoms with Crippen molar-refractivity contribution in [3.63, 3.8) is 0 Å². The summed E-state index contributed by atoms with van der Waals surface area (Å²) in [7, 11) is 3.35. The summed E-state index contributed by atoms with van der Waals surface area (Å²) < 4.78 is 3.03. The topological polar surface area (TPSA) is 93.3 Å². The Balaban J connectivity index is 1.86. The molecule has 0 spiro atoms. The molecule has 1 aromatic heterocycles. The zero-order chi connectivity index (χ0) is 15.3. The fraction of sp³-hybridized carbons (Fsp3) is 0.357. The molecular formula is C14H15N3O4. The Kier molecular flexibility index (Phi) is 2.86. The van der Waals surface area contributed by atoms with E-state index >= 15 is 0 Å². The van der Waals surface area contributed by atoms with Gasteiger partial charge in [0.25, 0.3) is 0 Å². The summed E-state index contributed by atoms with van der Waals surface area (Å²) in [6.07, 6.45) is 0.382. The van der Waals surface area contributed by atoms with E-state index in [0.29, 0.717) is 17.6 Å². The molecule has 2 N–H and O–H groups in total. The predicted molar refractivity (Wildman–Crippen MR) is 76.0 cm³/mol. The van der Waals surface area contributed by atoms with E-state index in [9.17, 15) is 14.4 Å². The molecule has 0 bridgehead atoms. The number of benzene rings is 1. The van der Waals surface area contributed by atoms with E-state index in [1.165, 1.54) is 9.13 Å². The number of fused-ring (bicyclic) bond motifs is 1. The number of hydrogen-bond acceptors (Lipinski definition) is 3. The summed E-state index contributed by atoms with van der Waals surface area (Å²) in [5.41, 5.74) is 1.91. The van der Waals surface area contributed by atoms with Gasteiger partial charge >= 0.3 is 11.7 Å². The highest BCUT2D eigenvalue weighted by molar-refractivity contribution is 5.99. The number of amides is 1. The Hall–Kier alpha value is -2.57. The number of aliphatic carboxylic acids is 1. The van der Waals surface area contributed by atoms with Gasteiger partial charge in [0, 0.05) is 19.8 Å². The number of carbonyl (C=O) groups excluding carboxylic acids is 1. The number of hydrogen-bond donors (Lipinski definition) is 2. The largest absolute Gasteiger partial charge is 0.481 e. The van der Waals surface area contributed by atoms with Crippen LogP contribution in [-0.4, -0.2) is 26.1 Å². The first-order chi connectivity index (χ1) is 9.90. The minimum absolute atomic E-state index is 0.137. The van der Waals surface area contributed by atoms with E-state index in [1.54, 1.807) is 32.3 Å². The van der Waals surface area contributed by atoms with Gasteiger partial charge in [-0.25, -0.2) is 4.79 Å². The van der Waals surface area contributed by atoms with Crippen molar-refractivity contribution in [1.29, 1.82) is 0 Å². The Morgan fingerprint density at radius 2 is 1.86 bits per heavy atom. The van der Waals surface area contributed by atoms with Crippen molar-refractivity contribution in [3.8, 4) is 0 Å². The van der Waals surface area contributed by atoms with E-state index in [2.05, 4.69) is 5.32 Å².